The molecule has 22 heavy (non-hydrogen) atoms. The molecule has 0 aromatic heterocycles. The van der Waals surface area contributed by atoms with Crippen molar-refractivity contribution < 1.29 is 4.79 Å². The summed E-state index contributed by atoms with van der Waals surface area (Å²) in [6.45, 7) is 4.65. The van der Waals surface area contributed by atoms with E-state index in [1.54, 1.807) is 0 Å². The monoisotopic (exact) mass is 320 g/mol. The van der Waals surface area contributed by atoms with E-state index >= 15 is 0 Å². The van der Waals surface area contributed by atoms with Crippen LogP contribution in [-0.4, -0.2) is 12.5 Å². The Balaban J connectivity index is 0.00000242. The first-order valence-electron chi connectivity index (χ1n) is 7.58. The smallest absolute Gasteiger partial charge is 0.220 e. The van der Waals surface area contributed by atoms with Gasteiger partial charge in [-0.3, -0.25) is 4.79 Å². The second-order valence-electron chi connectivity index (χ2n) is 5.89. The zero-order chi connectivity index (χ0) is 15.2. The summed E-state index contributed by atoms with van der Waals surface area (Å²) in [7, 11) is 0. The predicted octanol–water partition coefficient (Wildman–Crippen LogP) is 3.81. The summed E-state index contributed by atoms with van der Waals surface area (Å²) in [4.78, 5) is 12.0. The SMILES string of the molecule is CC(C)CCC(=O)NC(CN)c1ccc2ccccc2c1.Cl. The molecule has 0 bridgehead atoms. The van der Waals surface area contributed by atoms with Crippen molar-refractivity contribution in [3.63, 3.8) is 0 Å². The van der Waals surface area contributed by atoms with Gasteiger partial charge in [0.05, 0.1) is 6.04 Å². The van der Waals surface area contributed by atoms with Gasteiger partial charge in [-0.25, -0.2) is 0 Å². The van der Waals surface area contributed by atoms with Crippen molar-refractivity contribution in [1.29, 1.82) is 0 Å². The second kappa shape index (κ2) is 8.76. The topological polar surface area (TPSA) is 55.1 Å². The molecule has 0 heterocycles. The molecule has 2 aromatic rings. The van der Waals surface area contributed by atoms with Gasteiger partial charge in [-0.1, -0.05) is 50.2 Å². The molecular formula is C18H25ClN2O. The fraction of sp³-hybridized carbons (Fsp3) is 0.389. The van der Waals surface area contributed by atoms with E-state index in [1.807, 2.05) is 18.2 Å². The van der Waals surface area contributed by atoms with E-state index in [4.69, 9.17) is 5.73 Å². The molecule has 0 aliphatic rings. The van der Waals surface area contributed by atoms with Gasteiger partial charge < -0.3 is 11.1 Å². The number of carbonyl (C=O) groups is 1. The second-order valence-corrected chi connectivity index (χ2v) is 5.89. The molecule has 0 saturated carbocycles. The van der Waals surface area contributed by atoms with Gasteiger partial charge in [-0.2, -0.15) is 0 Å². The molecule has 0 spiro atoms. The third kappa shape index (κ3) is 5.00. The van der Waals surface area contributed by atoms with E-state index in [0.29, 0.717) is 18.9 Å². The number of halogens is 1. The molecule has 3 nitrogen and oxygen atoms in total. The number of hydrogen-bond acceptors (Lipinski definition) is 2. The first-order chi connectivity index (χ1) is 10.1. The van der Waals surface area contributed by atoms with Gasteiger partial charge in [0.25, 0.3) is 0 Å². The third-order valence-corrected chi connectivity index (χ3v) is 3.70. The number of hydrogen-bond donors (Lipinski definition) is 2. The van der Waals surface area contributed by atoms with Gasteiger partial charge in [0.15, 0.2) is 0 Å². The zero-order valence-corrected chi connectivity index (χ0v) is 14.0. The molecule has 0 aliphatic heterocycles. The van der Waals surface area contributed by atoms with Crippen molar-refractivity contribution in [3.8, 4) is 0 Å². The normalized spacial score (nSPS) is 12.0. The average Bonchev–Trinajstić information content (AvgIpc) is 2.50. The molecule has 1 amide bonds. The van der Waals surface area contributed by atoms with Crippen LogP contribution in [0.25, 0.3) is 10.8 Å². The third-order valence-electron chi connectivity index (χ3n) is 3.70. The van der Waals surface area contributed by atoms with Crippen molar-refractivity contribution in [3.05, 3.63) is 48.0 Å². The van der Waals surface area contributed by atoms with Crippen molar-refractivity contribution in [2.75, 3.05) is 6.54 Å². The molecule has 120 valence electrons. The van der Waals surface area contributed by atoms with Crippen LogP contribution < -0.4 is 11.1 Å². The lowest BCUT2D eigenvalue weighted by atomic mass is 10.0. The number of benzene rings is 2. The summed E-state index contributed by atoms with van der Waals surface area (Å²) in [6.07, 6.45) is 1.46. The minimum absolute atomic E-state index is 0. The molecule has 4 heteroatoms. The molecule has 0 saturated heterocycles. The van der Waals surface area contributed by atoms with Crippen LogP contribution in [0.3, 0.4) is 0 Å². The van der Waals surface area contributed by atoms with Gasteiger partial charge in [0.2, 0.25) is 5.91 Å². The fourth-order valence-corrected chi connectivity index (χ4v) is 2.39. The standard InChI is InChI=1S/C18H24N2O.ClH/c1-13(2)7-10-18(21)20-17(12-19)16-9-8-14-5-3-4-6-15(14)11-16;/h3-6,8-9,11,13,17H,7,10,12,19H2,1-2H3,(H,20,21);1H. The summed E-state index contributed by atoms with van der Waals surface area (Å²) < 4.78 is 0. The van der Waals surface area contributed by atoms with Gasteiger partial charge in [-0.15, -0.1) is 12.4 Å². The molecule has 0 aliphatic carbocycles. The van der Waals surface area contributed by atoms with Gasteiger partial charge >= 0.3 is 0 Å². The molecule has 0 radical (unpaired) electrons. The maximum absolute atomic E-state index is 12.0. The Labute approximate surface area is 138 Å². The highest BCUT2D eigenvalue weighted by molar-refractivity contribution is 5.85. The van der Waals surface area contributed by atoms with Crippen LogP contribution in [0.15, 0.2) is 42.5 Å². The lowest BCUT2D eigenvalue weighted by Gasteiger charge is -2.18. The van der Waals surface area contributed by atoms with Crippen LogP contribution in [0.2, 0.25) is 0 Å². The lowest BCUT2D eigenvalue weighted by molar-refractivity contribution is -0.122. The molecule has 3 N–H and O–H groups in total. The van der Waals surface area contributed by atoms with Crippen molar-refractivity contribution >= 4 is 29.1 Å². The van der Waals surface area contributed by atoms with Crippen LogP contribution >= 0.6 is 12.4 Å². The Bertz CT molecular complexity index is 613. The van der Waals surface area contributed by atoms with E-state index in [-0.39, 0.29) is 24.4 Å². The van der Waals surface area contributed by atoms with E-state index in [1.165, 1.54) is 10.8 Å². The van der Waals surface area contributed by atoms with E-state index in [9.17, 15) is 4.79 Å². The fourth-order valence-electron chi connectivity index (χ4n) is 2.39. The van der Waals surface area contributed by atoms with Gasteiger partial charge in [0, 0.05) is 13.0 Å². The van der Waals surface area contributed by atoms with Gasteiger partial charge in [0.1, 0.15) is 0 Å². The highest BCUT2D eigenvalue weighted by atomic mass is 35.5. The first kappa shape index (κ1) is 18.5. The van der Waals surface area contributed by atoms with E-state index in [0.717, 1.165) is 12.0 Å². The first-order valence-corrected chi connectivity index (χ1v) is 7.58. The number of amides is 1. The van der Waals surface area contributed by atoms with Crippen molar-refractivity contribution in [1.82, 2.24) is 5.32 Å². The molecule has 2 rings (SSSR count). The number of nitrogens with two attached hydrogens (primary N) is 1. The predicted molar refractivity (Wildman–Crippen MR) is 95.2 cm³/mol. The molecule has 0 fully saturated rings. The number of carbonyl (C=O) groups excluding carboxylic acids is 1. The minimum Gasteiger partial charge on any atom is -0.348 e. The molecular weight excluding hydrogens is 296 g/mol. The summed E-state index contributed by atoms with van der Waals surface area (Å²) >= 11 is 0. The maximum atomic E-state index is 12.0. The summed E-state index contributed by atoms with van der Waals surface area (Å²) in [5.41, 5.74) is 6.90. The van der Waals surface area contributed by atoms with Gasteiger partial charge in [-0.05, 0) is 34.7 Å². The molecule has 2 aromatic carbocycles. The maximum Gasteiger partial charge on any atom is 0.220 e. The highest BCUT2D eigenvalue weighted by Crippen LogP contribution is 2.20. The van der Waals surface area contributed by atoms with Crippen molar-refractivity contribution in [2.45, 2.75) is 32.7 Å². The van der Waals surface area contributed by atoms with E-state index < -0.39 is 0 Å². The van der Waals surface area contributed by atoms with E-state index in [2.05, 4.69) is 43.4 Å². The van der Waals surface area contributed by atoms with Crippen LogP contribution in [-0.2, 0) is 4.79 Å². The average molecular weight is 321 g/mol. The summed E-state index contributed by atoms with van der Waals surface area (Å²) in [5, 5.41) is 5.41. The highest BCUT2D eigenvalue weighted by Gasteiger charge is 2.13. The van der Waals surface area contributed by atoms with Crippen molar-refractivity contribution in [2.24, 2.45) is 11.7 Å². The Morgan fingerprint density at radius 1 is 1.14 bits per heavy atom. The Kier molecular flexibility index (Phi) is 7.36. The zero-order valence-electron chi connectivity index (χ0n) is 13.2. The lowest BCUT2D eigenvalue weighted by Crippen LogP contribution is -2.33. The molecule has 1 atom stereocenters. The number of fused-ring (bicyclic) bond motifs is 1. The van der Waals surface area contributed by atoms with Crippen LogP contribution in [0.5, 0.6) is 0 Å². The van der Waals surface area contributed by atoms with Crippen LogP contribution in [0.4, 0.5) is 0 Å². The Hall–Kier alpha value is -1.58. The summed E-state index contributed by atoms with van der Waals surface area (Å²) in [6, 6.07) is 14.3. The Morgan fingerprint density at radius 3 is 2.45 bits per heavy atom. The minimum atomic E-state index is -0.116. The number of rotatable bonds is 6. The van der Waals surface area contributed by atoms with Crippen LogP contribution in [0, 0.1) is 5.92 Å². The number of nitrogens with one attached hydrogen (secondary N) is 1. The van der Waals surface area contributed by atoms with Crippen LogP contribution in [0.1, 0.15) is 38.3 Å². The quantitative estimate of drug-likeness (QED) is 0.850. The summed E-state index contributed by atoms with van der Waals surface area (Å²) in [5.74, 6) is 0.611. The molecule has 1 unspecified atom stereocenters. The largest absolute Gasteiger partial charge is 0.348 e. The Morgan fingerprint density at radius 2 is 1.82 bits per heavy atom.